The maximum Gasteiger partial charge on any atom is 0.343 e. The average molecular weight is 437 g/mol. The van der Waals surface area contributed by atoms with Gasteiger partial charge in [-0.15, -0.1) is 0 Å². The molecule has 2 aliphatic rings. The number of halogens is 1. The molecule has 0 aromatic heterocycles. The van der Waals surface area contributed by atoms with Crippen LogP contribution in [0.15, 0.2) is 29.6 Å². The highest BCUT2D eigenvalue weighted by molar-refractivity contribution is 6.34. The number of esters is 1. The Morgan fingerprint density at radius 1 is 1.40 bits per heavy atom. The molecule has 7 nitrogen and oxygen atoms in total. The smallest absolute Gasteiger partial charge is 0.343 e. The van der Waals surface area contributed by atoms with E-state index in [4.69, 9.17) is 25.8 Å². The predicted octanol–water partition coefficient (Wildman–Crippen LogP) is 3.48. The lowest BCUT2D eigenvalue weighted by atomic mass is 9.74. The molecule has 0 fully saturated rings. The van der Waals surface area contributed by atoms with Crippen LogP contribution >= 0.6 is 11.6 Å². The minimum absolute atomic E-state index is 0.0266. The number of hydrogen-bond acceptors (Lipinski definition) is 7. The monoisotopic (exact) mass is 436 g/mol. The summed E-state index contributed by atoms with van der Waals surface area (Å²) >= 11 is 6.05. The van der Waals surface area contributed by atoms with Gasteiger partial charge in [0.25, 0.3) is 0 Å². The van der Waals surface area contributed by atoms with Gasteiger partial charge >= 0.3 is 5.97 Å². The van der Waals surface area contributed by atoms with E-state index >= 15 is 0 Å². The van der Waals surface area contributed by atoms with Crippen molar-refractivity contribution in [3.63, 3.8) is 0 Å². The number of methoxy groups -OCH3 is 1. The minimum atomic E-state index is -1.81. The third kappa shape index (κ3) is 3.68. The van der Waals surface area contributed by atoms with Crippen molar-refractivity contribution >= 4 is 23.4 Å². The molecule has 1 aromatic carbocycles. The van der Waals surface area contributed by atoms with Crippen molar-refractivity contribution in [2.24, 2.45) is 5.92 Å². The van der Waals surface area contributed by atoms with E-state index in [9.17, 15) is 19.8 Å². The van der Waals surface area contributed by atoms with Gasteiger partial charge in [-0.25, -0.2) is 4.79 Å². The first-order valence-corrected chi connectivity index (χ1v) is 10.1. The number of allylic oxidation sites excluding steroid dienone is 2. The Morgan fingerprint density at radius 3 is 2.73 bits per heavy atom. The van der Waals surface area contributed by atoms with Crippen LogP contribution in [0, 0.1) is 12.8 Å². The van der Waals surface area contributed by atoms with E-state index in [-0.39, 0.29) is 28.7 Å². The molecule has 1 aliphatic heterocycles. The fourth-order valence-electron chi connectivity index (χ4n) is 3.81. The van der Waals surface area contributed by atoms with Crippen LogP contribution in [0.3, 0.4) is 0 Å². The van der Waals surface area contributed by atoms with Crippen molar-refractivity contribution in [3.05, 3.63) is 45.7 Å². The lowest BCUT2D eigenvalue weighted by molar-refractivity contribution is -0.152. The number of aromatic hydroxyl groups is 1. The number of carbonyl (C=O) groups excluding carboxylic acids is 2. The standard InChI is InChI=1S/C22H25ClO7/c1-5-6-13-8-12-9-16(25)22(3,20(26)14(12)10-29-13)30-21(27)17-11(2)7-15(24)18(23)19(17)28-4/h7-9,14,20,24,26H,5-6,10H2,1-4H3/t14-,20+,22+/m1/s1. The summed E-state index contributed by atoms with van der Waals surface area (Å²) in [4.78, 5) is 25.9. The van der Waals surface area contributed by atoms with Gasteiger partial charge in [0.05, 0.1) is 19.5 Å². The van der Waals surface area contributed by atoms with E-state index in [0.717, 1.165) is 18.6 Å². The summed E-state index contributed by atoms with van der Waals surface area (Å²) in [6, 6.07) is 1.30. The summed E-state index contributed by atoms with van der Waals surface area (Å²) in [5.74, 6) is -1.47. The second-order valence-corrected chi connectivity index (χ2v) is 8.04. The summed E-state index contributed by atoms with van der Waals surface area (Å²) in [5.41, 5.74) is -0.824. The number of rotatable bonds is 5. The maximum atomic E-state index is 13.0. The number of phenolic OH excluding ortho intramolecular Hbond substituents is 1. The third-order valence-corrected chi connectivity index (χ3v) is 5.91. The van der Waals surface area contributed by atoms with Crippen LogP contribution in [-0.2, 0) is 14.3 Å². The number of aryl methyl sites for hydroxylation is 1. The molecule has 3 atom stereocenters. The quantitative estimate of drug-likeness (QED) is 0.681. The zero-order valence-electron chi connectivity index (χ0n) is 17.3. The normalized spacial score (nSPS) is 25.6. The molecule has 0 spiro atoms. The molecule has 0 saturated carbocycles. The summed E-state index contributed by atoms with van der Waals surface area (Å²) < 4.78 is 16.4. The first-order valence-electron chi connectivity index (χ1n) is 9.70. The van der Waals surface area contributed by atoms with E-state index in [1.165, 1.54) is 26.2 Å². The van der Waals surface area contributed by atoms with E-state index < -0.39 is 29.4 Å². The number of hydrogen-bond donors (Lipinski definition) is 2. The SMILES string of the molecule is CCCC1=CC2=CC(=O)[C@](C)(OC(=O)c3c(C)cc(O)c(Cl)c3OC)[C@@H](O)[C@@H]2CO1. The Labute approximate surface area is 179 Å². The van der Waals surface area contributed by atoms with Crippen LogP contribution < -0.4 is 4.74 Å². The Kier molecular flexibility index (Phi) is 6.15. The lowest BCUT2D eigenvalue weighted by Gasteiger charge is -2.41. The molecular formula is C22H25ClO7. The largest absolute Gasteiger partial charge is 0.506 e. The molecule has 162 valence electrons. The second kappa shape index (κ2) is 8.32. The number of aliphatic hydroxyl groups is 1. The second-order valence-electron chi connectivity index (χ2n) is 7.66. The Morgan fingerprint density at radius 2 is 2.10 bits per heavy atom. The molecule has 1 heterocycles. The first kappa shape index (κ1) is 22.2. The van der Waals surface area contributed by atoms with Gasteiger partial charge in [-0.2, -0.15) is 0 Å². The van der Waals surface area contributed by atoms with Crippen LogP contribution in [0.1, 0.15) is 42.6 Å². The molecule has 30 heavy (non-hydrogen) atoms. The highest BCUT2D eigenvalue weighted by atomic mass is 35.5. The number of carbonyl (C=O) groups is 2. The summed E-state index contributed by atoms with van der Waals surface area (Å²) in [7, 11) is 1.30. The Hall–Kier alpha value is -2.51. The molecule has 0 bridgehead atoms. The molecular weight excluding hydrogens is 412 g/mol. The van der Waals surface area contributed by atoms with Crippen molar-refractivity contribution < 1.29 is 34.0 Å². The average Bonchev–Trinajstić information content (AvgIpc) is 2.69. The number of ether oxygens (including phenoxy) is 3. The molecule has 1 aromatic rings. The number of fused-ring (bicyclic) bond motifs is 1. The molecule has 0 radical (unpaired) electrons. The zero-order chi connectivity index (χ0) is 22.2. The molecule has 8 heteroatoms. The highest BCUT2D eigenvalue weighted by Crippen LogP contribution is 2.41. The van der Waals surface area contributed by atoms with Crippen LogP contribution in [-0.4, -0.2) is 47.4 Å². The summed E-state index contributed by atoms with van der Waals surface area (Å²) in [6.45, 7) is 5.16. The predicted molar refractivity (Wildman–Crippen MR) is 110 cm³/mol. The third-order valence-electron chi connectivity index (χ3n) is 5.54. The molecule has 0 unspecified atom stereocenters. The highest BCUT2D eigenvalue weighted by Gasteiger charge is 2.52. The van der Waals surface area contributed by atoms with Crippen LogP contribution in [0.2, 0.25) is 5.02 Å². The number of benzene rings is 1. The summed E-state index contributed by atoms with van der Waals surface area (Å²) in [5, 5.41) is 20.7. The lowest BCUT2D eigenvalue weighted by Crippen LogP contribution is -2.57. The number of aliphatic hydroxyl groups excluding tert-OH is 1. The topological polar surface area (TPSA) is 102 Å². The van der Waals surface area contributed by atoms with Crippen LogP contribution in [0.4, 0.5) is 0 Å². The van der Waals surface area contributed by atoms with Crippen molar-refractivity contribution in [2.75, 3.05) is 13.7 Å². The van der Waals surface area contributed by atoms with Gasteiger partial charge in [0, 0.05) is 12.3 Å². The van der Waals surface area contributed by atoms with Crippen molar-refractivity contribution in [3.8, 4) is 11.5 Å². The molecule has 0 saturated heterocycles. The van der Waals surface area contributed by atoms with Crippen molar-refractivity contribution in [2.45, 2.75) is 45.3 Å². The van der Waals surface area contributed by atoms with Crippen molar-refractivity contribution in [1.82, 2.24) is 0 Å². The van der Waals surface area contributed by atoms with Gasteiger partial charge in [-0.3, -0.25) is 4.79 Å². The Bertz CT molecular complexity index is 949. The molecule has 3 rings (SSSR count). The first-order chi connectivity index (χ1) is 14.1. The van der Waals surface area contributed by atoms with E-state index in [2.05, 4.69) is 0 Å². The zero-order valence-corrected chi connectivity index (χ0v) is 18.1. The van der Waals surface area contributed by atoms with Gasteiger partial charge in [-0.05, 0) is 49.6 Å². The van der Waals surface area contributed by atoms with E-state index in [0.29, 0.717) is 11.1 Å². The van der Waals surface area contributed by atoms with Crippen molar-refractivity contribution in [1.29, 1.82) is 0 Å². The van der Waals surface area contributed by atoms with E-state index in [1.54, 1.807) is 13.0 Å². The van der Waals surface area contributed by atoms with E-state index in [1.807, 2.05) is 6.92 Å². The van der Waals surface area contributed by atoms with Gasteiger partial charge in [0.15, 0.2) is 11.4 Å². The fourth-order valence-corrected chi connectivity index (χ4v) is 4.04. The van der Waals surface area contributed by atoms with Gasteiger partial charge < -0.3 is 24.4 Å². The minimum Gasteiger partial charge on any atom is -0.506 e. The van der Waals surface area contributed by atoms with Gasteiger partial charge in [-0.1, -0.05) is 18.5 Å². The number of ketones is 1. The molecule has 1 aliphatic carbocycles. The van der Waals surface area contributed by atoms with Crippen LogP contribution in [0.5, 0.6) is 11.5 Å². The van der Waals surface area contributed by atoms with Gasteiger partial charge in [0.2, 0.25) is 5.78 Å². The van der Waals surface area contributed by atoms with Gasteiger partial charge in [0.1, 0.15) is 22.4 Å². The fraction of sp³-hybridized carbons (Fsp3) is 0.455. The molecule has 2 N–H and O–H groups in total. The van der Waals surface area contributed by atoms with Crippen LogP contribution in [0.25, 0.3) is 0 Å². The number of phenols is 1. The molecule has 0 amide bonds. The Balaban J connectivity index is 1.95. The maximum absolute atomic E-state index is 13.0. The summed E-state index contributed by atoms with van der Waals surface area (Å²) in [6.07, 6.45) is 3.50.